The molecule has 0 radical (unpaired) electrons. The van der Waals surface area contributed by atoms with E-state index >= 15 is 0 Å². The summed E-state index contributed by atoms with van der Waals surface area (Å²) in [7, 11) is -3.50. The van der Waals surface area contributed by atoms with Crippen molar-refractivity contribution in [2.75, 3.05) is 13.1 Å². The molecule has 0 N–H and O–H groups in total. The summed E-state index contributed by atoms with van der Waals surface area (Å²) in [6.45, 7) is 1.31. The van der Waals surface area contributed by atoms with Crippen LogP contribution in [0.3, 0.4) is 0 Å². The fourth-order valence-corrected chi connectivity index (χ4v) is 4.52. The van der Waals surface area contributed by atoms with Crippen LogP contribution in [0.2, 0.25) is 0 Å². The van der Waals surface area contributed by atoms with E-state index in [0.717, 1.165) is 31.2 Å². The molecular formula is C20H23NO4S. The highest BCUT2D eigenvalue weighted by Gasteiger charge is 2.25. The Morgan fingerprint density at radius 2 is 1.50 bits per heavy atom. The van der Waals surface area contributed by atoms with Crippen molar-refractivity contribution in [2.24, 2.45) is 0 Å². The molecule has 138 valence electrons. The Morgan fingerprint density at radius 1 is 0.885 bits per heavy atom. The highest BCUT2D eigenvalue weighted by molar-refractivity contribution is 7.89. The Hall–Kier alpha value is -2.18. The molecule has 1 aliphatic rings. The first kappa shape index (κ1) is 18.6. The molecule has 6 heteroatoms. The number of benzene rings is 2. The van der Waals surface area contributed by atoms with E-state index in [4.69, 9.17) is 4.74 Å². The second-order valence-electron chi connectivity index (χ2n) is 6.40. The lowest BCUT2D eigenvalue weighted by atomic mass is 10.2. The SMILES string of the molecule is O=C(OCc1ccccc1)c1ccc(S(=O)(=O)N2CCCCCC2)cc1. The summed E-state index contributed by atoms with van der Waals surface area (Å²) in [5.41, 5.74) is 1.25. The van der Waals surface area contributed by atoms with E-state index in [0.29, 0.717) is 18.7 Å². The van der Waals surface area contributed by atoms with Crippen LogP contribution in [0.1, 0.15) is 41.6 Å². The number of esters is 1. The second-order valence-corrected chi connectivity index (χ2v) is 8.34. The number of carbonyl (C=O) groups is 1. The van der Waals surface area contributed by atoms with Crippen molar-refractivity contribution in [3.8, 4) is 0 Å². The van der Waals surface area contributed by atoms with Gasteiger partial charge >= 0.3 is 5.97 Å². The van der Waals surface area contributed by atoms with Crippen molar-refractivity contribution < 1.29 is 17.9 Å². The molecule has 0 unspecified atom stereocenters. The van der Waals surface area contributed by atoms with Crippen LogP contribution in [-0.2, 0) is 21.4 Å². The first-order valence-electron chi connectivity index (χ1n) is 8.89. The van der Waals surface area contributed by atoms with E-state index in [1.54, 1.807) is 4.31 Å². The monoisotopic (exact) mass is 373 g/mol. The van der Waals surface area contributed by atoms with Crippen LogP contribution in [0.25, 0.3) is 0 Å². The Morgan fingerprint density at radius 3 is 2.12 bits per heavy atom. The predicted molar refractivity (Wildman–Crippen MR) is 99.2 cm³/mol. The standard InChI is InChI=1S/C20H23NO4S/c22-20(25-16-17-8-4-3-5-9-17)18-10-12-19(13-11-18)26(23,24)21-14-6-1-2-7-15-21/h3-5,8-13H,1-2,6-7,14-16H2. The van der Waals surface area contributed by atoms with Gasteiger partial charge in [0.25, 0.3) is 0 Å². The van der Waals surface area contributed by atoms with Gasteiger partial charge in [0.2, 0.25) is 10.0 Å². The lowest BCUT2D eigenvalue weighted by Crippen LogP contribution is -2.31. The third-order valence-corrected chi connectivity index (χ3v) is 6.42. The Bertz CT molecular complexity index is 824. The zero-order valence-corrected chi connectivity index (χ0v) is 15.5. The smallest absolute Gasteiger partial charge is 0.338 e. The average Bonchev–Trinajstić information content (AvgIpc) is 2.97. The van der Waals surface area contributed by atoms with Crippen LogP contribution >= 0.6 is 0 Å². The molecule has 0 aromatic heterocycles. The van der Waals surface area contributed by atoms with E-state index in [9.17, 15) is 13.2 Å². The fraction of sp³-hybridized carbons (Fsp3) is 0.350. The second kappa shape index (κ2) is 8.47. The fourth-order valence-electron chi connectivity index (χ4n) is 3.00. The summed E-state index contributed by atoms with van der Waals surface area (Å²) in [6, 6.07) is 15.4. The van der Waals surface area contributed by atoms with Gasteiger partial charge in [-0.2, -0.15) is 4.31 Å². The Labute approximate surface area is 154 Å². The normalized spacial score (nSPS) is 16.0. The van der Waals surface area contributed by atoms with E-state index in [1.807, 2.05) is 30.3 Å². The van der Waals surface area contributed by atoms with E-state index in [2.05, 4.69) is 0 Å². The quantitative estimate of drug-likeness (QED) is 0.751. The van der Waals surface area contributed by atoms with Crippen LogP contribution in [0.4, 0.5) is 0 Å². The number of sulfonamides is 1. The molecule has 1 aliphatic heterocycles. The number of carbonyl (C=O) groups excluding carboxylic acids is 1. The molecule has 0 spiro atoms. The lowest BCUT2D eigenvalue weighted by Gasteiger charge is -2.20. The molecular weight excluding hydrogens is 350 g/mol. The highest BCUT2D eigenvalue weighted by atomic mass is 32.2. The summed E-state index contributed by atoms with van der Waals surface area (Å²) in [4.78, 5) is 12.4. The molecule has 5 nitrogen and oxygen atoms in total. The number of hydrogen-bond donors (Lipinski definition) is 0. The van der Waals surface area contributed by atoms with Crippen molar-refractivity contribution in [3.63, 3.8) is 0 Å². The lowest BCUT2D eigenvalue weighted by molar-refractivity contribution is 0.0472. The van der Waals surface area contributed by atoms with Crippen molar-refractivity contribution in [1.82, 2.24) is 4.31 Å². The molecule has 0 saturated carbocycles. The van der Waals surface area contributed by atoms with Gasteiger partial charge in [0, 0.05) is 13.1 Å². The first-order chi connectivity index (χ1) is 12.6. The number of nitrogens with zero attached hydrogens (tertiary/aromatic N) is 1. The summed E-state index contributed by atoms with van der Waals surface area (Å²) < 4.78 is 32.3. The molecule has 0 amide bonds. The van der Waals surface area contributed by atoms with Gasteiger partial charge in [-0.1, -0.05) is 43.2 Å². The minimum Gasteiger partial charge on any atom is -0.457 e. The summed E-state index contributed by atoms with van der Waals surface area (Å²) >= 11 is 0. The minimum absolute atomic E-state index is 0.188. The van der Waals surface area contributed by atoms with Crippen molar-refractivity contribution in [2.45, 2.75) is 37.2 Å². The van der Waals surface area contributed by atoms with Gasteiger partial charge in [-0.25, -0.2) is 13.2 Å². The molecule has 26 heavy (non-hydrogen) atoms. The maximum Gasteiger partial charge on any atom is 0.338 e. The molecule has 3 rings (SSSR count). The van der Waals surface area contributed by atoms with Gasteiger partial charge in [0.15, 0.2) is 0 Å². The van der Waals surface area contributed by atoms with Crippen LogP contribution in [0.5, 0.6) is 0 Å². The number of ether oxygens (including phenoxy) is 1. The van der Waals surface area contributed by atoms with Crippen LogP contribution in [-0.4, -0.2) is 31.8 Å². The average molecular weight is 373 g/mol. The Balaban J connectivity index is 1.66. The van der Waals surface area contributed by atoms with Crippen LogP contribution < -0.4 is 0 Å². The largest absolute Gasteiger partial charge is 0.457 e. The minimum atomic E-state index is -3.50. The number of rotatable bonds is 5. The first-order valence-corrected chi connectivity index (χ1v) is 10.3. The van der Waals surface area contributed by atoms with Gasteiger partial charge in [0.05, 0.1) is 10.5 Å². The highest BCUT2D eigenvalue weighted by Crippen LogP contribution is 2.21. The molecule has 0 aliphatic carbocycles. The van der Waals surface area contributed by atoms with Crippen LogP contribution in [0, 0.1) is 0 Å². The van der Waals surface area contributed by atoms with Gasteiger partial charge < -0.3 is 4.74 Å². The zero-order valence-electron chi connectivity index (χ0n) is 14.6. The van der Waals surface area contributed by atoms with Crippen molar-refractivity contribution >= 4 is 16.0 Å². The Kier molecular flexibility index (Phi) is 6.06. The topological polar surface area (TPSA) is 63.7 Å². The van der Waals surface area contributed by atoms with E-state index < -0.39 is 16.0 Å². The molecule has 2 aromatic rings. The van der Waals surface area contributed by atoms with Gasteiger partial charge in [-0.15, -0.1) is 0 Å². The molecule has 0 bridgehead atoms. The maximum atomic E-state index is 12.7. The third kappa shape index (κ3) is 4.51. The third-order valence-electron chi connectivity index (χ3n) is 4.51. The predicted octanol–water partition coefficient (Wildman–Crippen LogP) is 3.61. The van der Waals surface area contributed by atoms with Gasteiger partial charge in [-0.05, 0) is 42.7 Å². The molecule has 2 aromatic carbocycles. The molecule has 1 heterocycles. The van der Waals surface area contributed by atoms with E-state index in [1.165, 1.54) is 24.3 Å². The maximum absolute atomic E-state index is 12.7. The zero-order chi connectivity index (χ0) is 18.4. The summed E-state index contributed by atoms with van der Waals surface area (Å²) in [6.07, 6.45) is 3.92. The molecule has 1 saturated heterocycles. The number of hydrogen-bond acceptors (Lipinski definition) is 4. The molecule has 0 atom stereocenters. The van der Waals surface area contributed by atoms with Crippen molar-refractivity contribution in [1.29, 1.82) is 0 Å². The van der Waals surface area contributed by atoms with E-state index in [-0.39, 0.29) is 11.5 Å². The van der Waals surface area contributed by atoms with Crippen molar-refractivity contribution in [3.05, 3.63) is 65.7 Å². The van der Waals surface area contributed by atoms with Crippen LogP contribution in [0.15, 0.2) is 59.5 Å². The van der Waals surface area contributed by atoms with Gasteiger partial charge in [-0.3, -0.25) is 0 Å². The van der Waals surface area contributed by atoms with Gasteiger partial charge in [0.1, 0.15) is 6.61 Å². The molecule has 1 fully saturated rings. The summed E-state index contributed by atoms with van der Waals surface area (Å²) in [5, 5.41) is 0. The summed E-state index contributed by atoms with van der Waals surface area (Å²) in [5.74, 6) is -0.465.